The number of benzene rings is 2. The van der Waals surface area contributed by atoms with Crippen molar-refractivity contribution in [3.05, 3.63) is 90.0 Å². The number of anilines is 1. The van der Waals surface area contributed by atoms with Gasteiger partial charge in [-0.3, -0.25) is 19.6 Å². The number of aliphatic imine (C=N–C) groups is 1. The number of nitrogens with one attached hydrogen (secondary N) is 2. The molecule has 1 aliphatic rings. The van der Waals surface area contributed by atoms with Crippen molar-refractivity contribution in [1.82, 2.24) is 20.0 Å². The maximum atomic E-state index is 13.0. The van der Waals surface area contributed by atoms with Crippen molar-refractivity contribution in [2.45, 2.75) is 32.0 Å². The van der Waals surface area contributed by atoms with Crippen molar-refractivity contribution < 1.29 is 9.90 Å². The van der Waals surface area contributed by atoms with Gasteiger partial charge in [-0.05, 0) is 36.6 Å². The van der Waals surface area contributed by atoms with E-state index in [1.807, 2.05) is 54.7 Å². The van der Waals surface area contributed by atoms with E-state index in [0.29, 0.717) is 17.9 Å². The lowest BCUT2D eigenvalue weighted by Gasteiger charge is -2.30. The lowest BCUT2D eigenvalue weighted by atomic mass is 9.92. The molecule has 2 aromatic heterocycles. The van der Waals surface area contributed by atoms with Gasteiger partial charge >= 0.3 is 0 Å². The molecule has 4 aromatic rings. The molecule has 3 N–H and O–H groups in total. The maximum Gasteiger partial charge on any atom is 0.274 e. The second-order valence-electron chi connectivity index (χ2n) is 8.65. The second kappa shape index (κ2) is 8.14. The minimum absolute atomic E-state index is 0.288. The van der Waals surface area contributed by atoms with Crippen LogP contribution >= 0.6 is 0 Å². The predicted octanol–water partition coefficient (Wildman–Crippen LogP) is 3.57. The van der Waals surface area contributed by atoms with E-state index in [0.717, 1.165) is 27.8 Å². The average Bonchev–Trinajstić information content (AvgIpc) is 3.54. The molecule has 166 valence electrons. The lowest BCUT2D eigenvalue weighted by molar-refractivity contribution is -0.110. The predicted molar refractivity (Wildman–Crippen MR) is 126 cm³/mol. The molecule has 8 heteroatoms. The van der Waals surface area contributed by atoms with Crippen LogP contribution in [-0.2, 0) is 11.3 Å². The Balaban J connectivity index is 1.35. The van der Waals surface area contributed by atoms with E-state index in [1.165, 1.54) is 0 Å². The van der Waals surface area contributed by atoms with Crippen LogP contribution < -0.4 is 5.32 Å². The topological polar surface area (TPSA) is 108 Å². The second-order valence-corrected chi connectivity index (χ2v) is 8.65. The van der Waals surface area contributed by atoms with Crippen LogP contribution in [0.2, 0.25) is 0 Å². The number of aliphatic hydroxyl groups is 1. The van der Waals surface area contributed by atoms with Crippen LogP contribution in [-0.4, -0.2) is 42.3 Å². The van der Waals surface area contributed by atoms with Crippen LogP contribution in [0.5, 0.6) is 0 Å². The van der Waals surface area contributed by atoms with Crippen molar-refractivity contribution in [3.8, 4) is 11.1 Å². The Labute approximate surface area is 191 Å². The standard InChI is InChI=1S/C25H24N6O2/c1-25(2,33)23(16-6-4-3-5-7-16)31-15-20(14-29-31)30-24(32)22-21-9-8-17(10-18(21)11-26-22)19-12-27-28-13-19/h3-10,12-15,23,33H,11H2,1-2H3,(H,27,28)(H,30,32)/t23-/m0/s1. The van der Waals surface area contributed by atoms with Crippen LogP contribution in [0.25, 0.3) is 11.1 Å². The molecule has 1 aliphatic heterocycles. The Morgan fingerprint density at radius 3 is 2.70 bits per heavy atom. The van der Waals surface area contributed by atoms with Gasteiger partial charge < -0.3 is 10.4 Å². The first-order valence-electron chi connectivity index (χ1n) is 10.7. The molecule has 33 heavy (non-hydrogen) atoms. The van der Waals surface area contributed by atoms with Crippen LogP contribution in [0.15, 0.2) is 78.3 Å². The van der Waals surface area contributed by atoms with Gasteiger partial charge in [0.15, 0.2) is 0 Å². The Bertz CT molecular complexity index is 1320. The van der Waals surface area contributed by atoms with Gasteiger partial charge in [-0.15, -0.1) is 0 Å². The number of nitrogens with zero attached hydrogens (tertiary/aromatic N) is 4. The number of H-pyrrole nitrogens is 1. The molecular formula is C25H24N6O2. The summed E-state index contributed by atoms with van der Waals surface area (Å²) >= 11 is 0. The third-order valence-electron chi connectivity index (χ3n) is 5.72. The Morgan fingerprint density at radius 1 is 1.15 bits per heavy atom. The summed E-state index contributed by atoms with van der Waals surface area (Å²) in [7, 11) is 0. The van der Waals surface area contributed by atoms with Crippen LogP contribution in [0.3, 0.4) is 0 Å². The molecule has 0 unspecified atom stereocenters. The molecule has 8 nitrogen and oxygen atoms in total. The quantitative estimate of drug-likeness (QED) is 0.426. The summed E-state index contributed by atoms with van der Waals surface area (Å²) in [6.45, 7) is 3.94. The highest BCUT2D eigenvalue weighted by Crippen LogP contribution is 2.30. The van der Waals surface area contributed by atoms with E-state index < -0.39 is 11.6 Å². The monoisotopic (exact) mass is 440 g/mol. The van der Waals surface area contributed by atoms with Crippen molar-refractivity contribution in [2.24, 2.45) is 4.99 Å². The molecule has 0 saturated carbocycles. The molecule has 1 amide bonds. The Kier molecular flexibility index (Phi) is 5.14. The van der Waals surface area contributed by atoms with Gasteiger partial charge in [-0.1, -0.05) is 42.5 Å². The zero-order valence-corrected chi connectivity index (χ0v) is 18.4. The lowest BCUT2D eigenvalue weighted by Crippen LogP contribution is -2.34. The first-order chi connectivity index (χ1) is 15.9. The summed E-state index contributed by atoms with van der Waals surface area (Å²) in [4.78, 5) is 17.5. The fourth-order valence-electron chi connectivity index (χ4n) is 4.24. The molecule has 0 radical (unpaired) electrons. The van der Waals surface area contributed by atoms with E-state index in [-0.39, 0.29) is 5.91 Å². The number of aromatic amines is 1. The highest BCUT2D eigenvalue weighted by molar-refractivity contribution is 6.49. The van der Waals surface area contributed by atoms with Crippen molar-refractivity contribution >= 4 is 17.3 Å². The summed E-state index contributed by atoms with van der Waals surface area (Å²) in [5.41, 5.74) is 4.65. The molecule has 0 bridgehead atoms. The van der Waals surface area contributed by atoms with Gasteiger partial charge in [0, 0.05) is 23.5 Å². The zero-order valence-electron chi connectivity index (χ0n) is 18.4. The summed E-state index contributed by atoms with van der Waals surface area (Å²) in [6.07, 6.45) is 6.91. The minimum Gasteiger partial charge on any atom is -0.388 e. The number of fused-ring (bicyclic) bond motifs is 1. The van der Waals surface area contributed by atoms with Gasteiger partial charge in [-0.2, -0.15) is 10.2 Å². The number of amides is 1. The maximum absolute atomic E-state index is 13.0. The van der Waals surface area contributed by atoms with Gasteiger partial charge in [0.2, 0.25) is 0 Å². The van der Waals surface area contributed by atoms with Gasteiger partial charge in [0.1, 0.15) is 11.8 Å². The van der Waals surface area contributed by atoms with Gasteiger partial charge in [0.05, 0.1) is 30.2 Å². The third-order valence-corrected chi connectivity index (χ3v) is 5.72. The Morgan fingerprint density at radius 2 is 1.97 bits per heavy atom. The summed E-state index contributed by atoms with van der Waals surface area (Å²) < 4.78 is 1.67. The first kappa shape index (κ1) is 20.8. The summed E-state index contributed by atoms with van der Waals surface area (Å²) in [6, 6.07) is 15.2. The zero-order chi connectivity index (χ0) is 23.0. The highest BCUT2D eigenvalue weighted by atomic mass is 16.3. The molecule has 0 fully saturated rings. The van der Waals surface area contributed by atoms with E-state index in [9.17, 15) is 9.90 Å². The molecule has 2 aromatic carbocycles. The number of aromatic nitrogens is 4. The Hall–Kier alpha value is -4.04. The van der Waals surface area contributed by atoms with Gasteiger partial charge in [0.25, 0.3) is 5.91 Å². The highest BCUT2D eigenvalue weighted by Gasteiger charge is 2.31. The van der Waals surface area contributed by atoms with Crippen LogP contribution in [0.1, 0.15) is 36.6 Å². The fraction of sp³-hybridized carbons (Fsp3) is 0.200. The average molecular weight is 441 g/mol. The first-order valence-corrected chi connectivity index (χ1v) is 10.7. The molecule has 0 saturated heterocycles. The molecule has 0 spiro atoms. The molecule has 5 rings (SSSR count). The van der Waals surface area contributed by atoms with E-state index in [2.05, 4.69) is 25.6 Å². The SMILES string of the molecule is CC(C)(O)[C@H](c1ccccc1)n1cc(NC(=O)C2=NCc3cc(-c4cn[nH]c4)ccc32)cn1. The molecule has 3 heterocycles. The molecule has 1 atom stereocenters. The smallest absolute Gasteiger partial charge is 0.274 e. The number of carbonyl (C=O) groups excluding carboxylic acids is 1. The normalized spacial score (nSPS) is 14.0. The summed E-state index contributed by atoms with van der Waals surface area (Å²) in [5, 5.41) is 24.9. The van der Waals surface area contributed by atoms with E-state index in [4.69, 9.17) is 0 Å². The van der Waals surface area contributed by atoms with Crippen molar-refractivity contribution in [1.29, 1.82) is 0 Å². The number of rotatable bonds is 6. The van der Waals surface area contributed by atoms with Crippen LogP contribution in [0, 0.1) is 0 Å². The number of hydrogen-bond acceptors (Lipinski definition) is 5. The van der Waals surface area contributed by atoms with E-state index >= 15 is 0 Å². The third kappa shape index (κ3) is 4.08. The molecular weight excluding hydrogens is 416 g/mol. The van der Waals surface area contributed by atoms with Gasteiger partial charge in [-0.25, -0.2) is 0 Å². The largest absolute Gasteiger partial charge is 0.388 e. The number of carbonyl (C=O) groups is 1. The number of hydrogen-bond donors (Lipinski definition) is 3. The van der Waals surface area contributed by atoms with Crippen molar-refractivity contribution in [3.63, 3.8) is 0 Å². The van der Waals surface area contributed by atoms with E-state index in [1.54, 1.807) is 37.1 Å². The fourth-order valence-corrected chi connectivity index (χ4v) is 4.24. The summed E-state index contributed by atoms with van der Waals surface area (Å²) in [5.74, 6) is -0.288. The molecule has 0 aliphatic carbocycles. The van der Waals surface area contributed by atoms with Crippen molar-refractivity contribution in [2.75, 3.05) is 5.32 Å². The van der Waals surface area contributed by atoms with Crippen LogP contribution in [0.4, 0.5) is 5.69 Å². The minimum atomic E-state index is -1.06.